The largest absolute Gasteiger partial charge is 0.457 e. The summed E-state index contributed by atoms with van der Waals surface area (Å²) in [6, 6.07) is 15.3. The van der Waals surface area contributed by atoms with Gasteiger partial charge in [-0.25, -0.2) is 0 Å². The molecule has 0 bridgehead atoms. The van der Waals surface area contributed by atoms with Crippen LogP contribution in [0.5, 0.6) is 0 Å². The van der Waals surface area contributed by atoms with Gasteiger partial charge in [-0.15, -0.1) is 0 Å². The second-order valence-corrected chi connectivity index (χ2v) is 6.55. The Morgan fingerprint density at radius 3 is 2.54 bits per heavy atom. The number of carbonyl (C=O) groups excluding carboxylic acids is 2. The number of fused-ring (bicyclic) bond motifs is 1. The summed E-state index contributed by atoms with van der Waals surface area (Å²) in [6.45, 7) is 4.06. The fourth-order valence-corrected chi connectivity index (χ4v) is 2.95. The van der Waals surface area contributed by atoms with Crippen molar-refractivity contribution in [1.82, 2.24) is 4.98 Å². The lowest BCUT2D eigenvalue weighted by Gasteiger charge is -2.09. The number of ketones is 1. The molecule has 0 fully saturated rings. The molecule has 2 aromatic carbocycles. The van der Waals surface area contributed by atoms with E-state index >= 15 is 0 Å². The molecule has 0 spiro atoms. The zero-order valence-corrected chi connectivity index (χ0v) is 15.1. The third kappa shape index (κ3) is 4.02. The van der Waals surface area contributed by atoms with Crippen molar-refractivity contribution < 1.29 is 14.3 Å². The summed E-state index contributed by atoms with van der Waals surface area (Å²) < 4.78 is 5.18. The molecular weight excluding hydrogens is 326 g/mol. The molecule has 1 heterocycles. The molecular formula is C22H23NO3. The average molecular weight is 349 g/mol. The highest BCUT2D eigenvalue weighted by Gasteiger charge is 2.13. The number of rotatable bonds is 7. The smallest absolute Gasteiger partial charge is 0.310 e. The molecule has 0 aliphatic carbocycles. The van der Waals surface area contributed by atoms with Gasteiger partial charge in [0.1, 0.15) is 0 Å². The maximum absolute atomic E-state index is 12.2. The van der Waals surface area contributed by atoms with E-state index in [0.29, 0.717) is 11.5 Å². The van der Waals surface area contributed by atoms with Crippen molar-refractivity contribution in [3.05, 3.63) is 71.4 Å². The van der Waals surface area contributed by atoms with E-state index in [-0.39, 0.29) is 18.8 Å². The van der Waals surface area contributed by atoms with Gasteiger partial charge in [0.15, 0.2) is 12.4 Å². The number of hydrogen-bond acceptors (Lipinski definition) is 3. The molecule has 1 aromatic heterocycles. The Morgan fingerprint density at radius 1 is 1.08 bits per heavy atom. The van der Waals surface area contributed by atoms with Crippen molar-refractivity contribution in [2.45, 2.75) is 32.6 Å². The van der Waals surface area contributed by atoms with Gasteiger partial charge in [-0.05, 0) is 29.5 Å². The van der Waals surface area contributed by atoms with Gasteiger partial charge >= 0.3 is 5.97 Å². The fourth-order valence-electron chi connectivity index (χ4n) is 2.95. The highest BCUT2D eigenvalue weighted by Crippen LogP contribution is 2.20. The molecule has 134 valence electrons. The van der Waals surface area contributed by atoms with E-state index < -0.39 is 5.97 Å². The van der Waals surface area contributed by atoms with Crippen LogP contribution in [0.25, 0.3) is 10.9 Å². The number of carbonyl (C=O) groups is 2. The molecule has 1 atom stereocenters. The minimum Gasteiger partial charge on any atom is -0.457 e. The molecule has 0 unspecified atom stereocenters. The number of para-hydroxylation sites is 1. The Morgan fingerprint density at radius 2 is 1.81 bits per heavy atom. The molecule has 26 heavy (non-hydrogen) atoms. The van der Waals surface area contributed by atoms with Crippen molar-refractivity contribution in [3.8, 4) is 0 Å². The highest BCUT2D eigenvalue weighted by atomic mass is 16.5. The second-order valence-electron chi connectivity index (χ2n) is 6.55. The Hall–Kier alpha value is -2.88. The number of ether oxygens (including phenoxy) is 1. The van der Waals surface area contributed by atoms with Crippen LogP contribution in [0, 0.1) is 0 Å². The van der Waals surface area contributed by atoms with E-state index in [9.17, 15) is 9.59 Å². The van der Waals surface area contributed by atoms with Crippen LogP contribution in [-0.2, 0) is 16.0 Å². The first-order valence-electron chi connectivity index (χ1n) is 8.92. The molecule has 0 aliphatic rings. The van der Waals surface area contributed by atoms with Crippen LogP contribution in [0.3, 0.4) is 0 Å². The number of benzene rings is 2. The van der Waals surface area contributed by atoms with Crippen LogP contribution in [0.2, 0.25) is 0 Å². The van der Waals surface area contributed by atoms with Crippen molar-refractivity contribution in [1.29, 1.82) is 0 Å². The van der Waals surface area contributed by atoms with Crippen LogP contribution >= 0.6 is 0 Å². The quantitative estimate of drug-likeness (QED) is 0.499. The van der Waals surface area contributed by atoms with Crippen LogP contribution < -0.4 is 0 Å². The zero-order valence-electron chi connectivity index (χ0n) is 15.1. The molecule has 3 rings (SSSR count). The van der Waals surface area contributed by atoms with Gasteiger partial charge < -0.3 is 9.72 Å². The Labute approximate surface area is 153 Å². The third-order valence-corrected chi connectivity index (χ3v) is 4.79. The molecule has 1 N–H and O–H groups in total. The molecule has 3 aromatic rings. The van der Waals surface area contributed by atoms with E-state index in [0.717, 1.165) is 22.9 Å². The summed E-state index contributed by atoms with van der Waals surface area (Å²) in [5.74, 6) is -0.125. The van der Waals surface area contributed by atoms with Crippen LogP contribution in [0.1, 0.15) is 47.7 Å². The van der Waals surface area contributed by atoms with Gasteiger partial charge in [0.05, 0.1) is 6.42 Å². The first-order chi connectivity index (χ1) is 12.6. The summed E-state index contributed by atoms with van der Waals surface area (Å²) in [7, 11) is 0. The van der Waals surface area contributed by atoms with Crippen molar-refractivity contribution >= 4 is 22.7 Å². The lowest BCUT2D eigenvalue weighted by atomic mass is 9.97. The van der Waals surface area contributed by atoms with Crippen molar-refractivity contribution in [3.63, 3.8) is 0 Å². The number of aromatic nitrogens is 1. The number of aromatic amines is 1. The Kier molecular flexibility index (Phi) is 5.52. The van der Waals surface area contributed by atoms with Gasteiger partial charge in [-0.1, -0.05) is 56.3 Å². The predicted molar refractivity (Wildman–Crippen MR) is 102 cm³/mol. The monoisotopic (exact) mass is 349 g/mol. The highest BCUT2D eigenvalue weighted by molar-refractivity contribution is 5.98. The second kappa shape index (κ2) is 8.00. The standard InChI is InChI=1S/C22H23NO3/c1-3-15(2)16-8-10-17(11-9-16)21(24)14-26-22(25)12-18-13-23-20-7-5-4-6-19(18)20/h4-11,13,15,23H,3,12,14H2,1-2H3/t15-/m0/s1. The molecule has 0 saturated heterocycles. The fraction of sp³-hybridized carbons (Fsp3) is 0.273. The number of esters is 1. The van der Waals surface area contributed by atoms with Crippen LogP contribution in [-0.4, -0.2) is 23.3 Å². The first kappa shape index (κ1) is 17.9. The topological polar surface area (TPSA) is 59.2 Å². The maximum atomic E-state index is 12.2. The van der Waals surface area contributed by atoms with Crippen LogP contribution in [0.4, 0.5) is 0 Å². The maximum Gasteiger partial charge on any atom is 0.310 e. The summed E-state index contributed by atoms with van der Waals surface area (Å²) in [6.07, 6.45) is 3.00. The summed E-state index contributed by atoms with van der Waals surface area (Å²) >= 11 is 0. The zero-order chi connectivity index (χ0) is 18.5. The van der Waals surface area contributed by atoms with Gasteiger partial charge in [0.2, 0.25) is 0 Å². The van der Waals surface area contributed by atoms with E-state index in [4.69, 9.17) is 4.74 Å². The number of Topliss-reactive ketones (excluding diaryl/α,β-unsaturated/α-hetero) is 1. The first-order valence-corrected chi connectivity index (χ1v) is 8.92. The lowest BCUT2D eigenvalue weighted by Crippen LogP contribution is -2.15. The normalized spacial score (nSPS) is 12.1. The average Bonchev–Trinajstić information content (AvgIpc) is 3.08. The predicted octanol–water partition coefficient (Wildman–Crippen LogP) is 4.65. The summed E-state index contributed by atoms with van der Waals surface area (Å²) in [4.78, 5) is 27.4. The van der Waals surface area contributed by atoms with Gasteiger partial charge in [0, 0.05) is 22.7 Å². The van der Waals surface area contributed by atoms with Crippen molar-refractivity contribution in [2.75, 3.05) is 6.61 Å². The Balaban J connectivity index is 1.56. The minimum absolute atomic E-state index is 0.143. The van der Waals surface area contributed by atoms with E-state index in [1.165, 1.54) is 5.56 Å². The number of hydrogen-bond donors (Lipinski definition) is 1. The van der Waals surface area contributed by atoms with Gasteiger partial charge in [-0.2, -0.15) is 0 Å². The third-order valence-electron chi connectivity index (χ3n) is 4.79. The molecule has 0 radical (unpaired) electrons. The van der Waals surface area contributed by atoms with E-state index in [2.05, 4.69) is 18.8 Å². The molecule has 0 saturated carbocycles. The molecule has 0 amide bonds. The summed E-state index contributed by atoms with van der Waals surface area (Å²) in [5.41, 5.74) is 3.63. The molecule has 4 nitrogen and oxygen atoms in total. The van der Waals surface area contributed by atoms with E-state index in [1.807, 2.05) is 36.4 Å². The minimum atomic E-state index is -0.403. The molecule has 4 heteroatoms. The molecule has 0 aliphatic heterocycles. The SMILES string of the molecule is CC[C@H](C)c1ccc(C(=O)COC(=O)Cc2c[nH]c3ccccc23)cc1. The lowest BCUT2D eigenvalue weighted by molar-refractivity contribution is -0.141. The van der Waals surface area contributed by atoms with Gasteiger partial charge in [0.25, 0.3) is 0 Å². The van der Waals surface area contributed by atoms with Gasteiger partial charge in [-0.3, -0.25) is 9.59 Å². The Bertz CT molecular complexity index is 909. The van der Waals surface area contributed by atoms with Crippen molar-refractivity contribution in [2.24, 2.45) is 0 Å². The van der Waals surface area contributed by atoms with E-state index in [1.54, 1.807) is 18.3 Å². The number of H-pyrrole nitrogens is 1. The summed E-state index contributed by atoms with van der Waals surface area (Å²) in [5, 5.41) is 0.997. The van der Waals surface area contributed by atoms with Crippen LogP contribution in [0.15, 0.2) is 54.7 Å². The number of nitrogens with one attached hydrogen (secondary N) is 1.